The van der Waals surface area contributed by atoms with Crippen molar-refractivity contribution in [3.8, 4) is 11.5 Å². The summed E-state index contributed by atoms with van der Waals surface area (Å²) in [7, 11) is 1.56. The van der Waals surface area contributed by atoms with Crippen LogP contribution >= 0.6 is 34.2 Å². The van der Waals surface area contributed by atoms with Crippen molar-refractivity contribution in [3.63, 3.8) is 0 Å². The summed E-state index contributed by atoms with van der Waals surface area (Å²) in [5.41, 5.74) is 4.29. The van der Waals surface area contributed by atoms with Gasteiger partial charge < -0.3 is 9.47 Å². The van der Waals surface area contributed by atoms with E-state index in [4.69, 9.17) is 21.1 Å². The molecule has 1 N–H and O–H groups in total. The quantitative estimate of drug-likeness (QED) is 0.181. The van der Waals surface area contributed by atoms with E-state index >= 15 is 0 Å². The summed E-state index contributed by atoms with van der Waals surface area (Å²) in [5.74, 6) is 1.56. The van der Waals surface area contributed by atoms with Gasteiger partial charge in [0.1, 0.15) is 18.6 Å². The summed E-state index contributed by atoms with van der Waals surface area (Å²) in [6.07, 6.45) is 2.75. The van der Waals surface area contributed by atoms with Crippen LogP contribution in [-0.2, 0) is 6.61 Å². The van der Waals surface area contributed by atoms with E-state index < -0.39 is 4.92 Å². The molecule has 10 heteroatoms. The Morgan fingerprint density at radius 3 is 2.77 bits per heavy atom. The highest BCUT2D eigenvalue weighted by Gasteiger charge is 2.12. The lowest BCUT2D eigenvalue weighted by molar-refractivity contribution is -0.385. The molecule has 0 aliphatic carbocycles. The van der Waals surface area contributed by atoms with Gasteiger partial charge in [-0.3, -0.25) is 15.5 Å². The van der Waals surface area contributed by atoms with Gasteiger partial charge in [-0.2, -0.15) is 5.10 Å². The lowest BCUT2D eigenvalue weighted by atomic mass is 10.2. The number of anilines is 1. The summed E-state index contributed by atoms with van der Waals surface area (Å²) in [6, 6.07) is 14.0. The monoisotopic (exact) mass is 538 g/mol. The van der Waals surface area contributed by atoms with Gasteiger partial charge in [-0.15, -0.1) is 0 Å². The Bertz CT molecular complexity index is 1080. The van der Waals surface area contributed by atoms with Crippen LogP contribution in [0, 0.1) is 13.7 Å². The predicted octanol–water partition coefficient (Wildman–Crippen LogP) is 5.28. The van der Waals surface area contributed by atoms with Crippen LogP contribution in [-0.4, -0.2) is 23.2 Å². The van der Waals surface area contributed by atoms with Crippen molar-refractivity contribution in [1.29, 1.82) is 0 Å². The molecule has 0 radical (unpaired) electrons. The van der Waals surface area contributed by atoms with Gasteiger partial charge in [-0.1, -0.05) is 29.8 Å². The zero-order valence-electron chi connectivity index (χ0n) is 15.7. The van der Waals surface area contributed by atoms with E-state index in [-0.39, 0.29) is 5.69 Å². The number of nitrogens with one attached hydrogen (secondary N) is 1. The highest BCUT2D eigenvalue weighted by atomic mass is 127. The fourth-order valence-electron chi connectivity index (χ4n) is 2.45. The molecular weight excluding hydrogens is 523 g/mol. The van der Waals surface area contributed by atoms with Crippen LogP contribution in [0.3, 0.4) is 0 Å². The van der Waals surface area contributed by atoms with Crippen molar-refractivity contribution in [1.82, 2.24) is 4.98 Å². The van der Waals surface area contributed by atoms with Gasteiger partial charge >= 0.3 is 0 Å². The Morgan fingerprint density at radius 1 is 1.30 bits per heavy atom. The van der Waals surface area contributed by atoms with Crippen LogP contribution in [0.25, 0.3) is 0 Å². The topological polar surface area (TPSA) is 98.9 Å². The van der Waals surface area contributed by atoms with Crippen LogP contribution in [0.5, 0.6) is 11.5 Å². The highest BCUT2D eigenvalue weighted by molar-refractivity contribution is 14.1. The molecule has 1 aromatic heterocycles. The molecule has 0 aliphatic rings. The van der Waals surface area contributed by atoms with E-state index in [0.717, 1.165) is 20.9 Å². The van der Waals surface area contributed by atoms with Gasteiger partial charge in [-0.25, -0.2) is 4.98 Å². The summed E-state index contributed by atoms with van der Waals surface area (Å²) >= 11 is 8.35. The van der Waals surface area contributed by atoms with Crippen LogP contribution in [0.2, 0.25) is 5.02 Å². The van der Waals surface area contributed by atoms with Gasteiger partial charge in [0.25, 0.3) is 5.69 Å². The molecule has 154 valence electrons. The lowest BCUT2D eigenvalue weighted by Crippen LogP contribution is -2.01. The van der Waals surface area contributed by atoms with E-state index in [9.17, 15) is 10.1 Å². The number of nitrogens with zero attached hydrogens (tertiary/aromatic N) is 3. The first kappa shape index (κ1) is 21.8. The Balaban J connectivity index is 1.70. The van der Waals surface area contributed by atoms with Crippen LogP contribution in [0.15, 0.2) is 59.8 Å². The van der Waals surface area contributed by atoms with Crippen molar-refractivity contribution < 1.29 is 14.4 Å². The number of hydrazone groups is 1. The Hall–Kier alpha value is -2.92. The maximum atomic E-state index is 10.7. The second-order valence-corrected chi connectivity index (χ2v) is 7.51. The van der Waals surface area contributed by atoms with Gasteiger partial charge in [0.05, 0.1) is 21.8 Å². The van der Waals surface area contributed by atoms with E-state index in [2.05, 4.69) is 38.1 Å². The zero-order valence-corrected chi connectivity index (χ0v) is 18.6. The summed E-state index contributed by atoms with van der Waals surface area (Å²) in [6.45, 7) is 0.312. The maximum absolute atomic E-state index is 10.7. The first-order valence-electron chi connectivity index (χ1n) is 8.61. The third-order valence-corrected chi connectivity index (χ3v) is 5.10. The fraction of sp³-hybridized carbons (Fsp3) is 0.100. The number of benzene rings is 2. The summed E-state index contributed by atoms with van der Waals surface area (Å²) in [5, 5.41) is 15.4. The van der Waals surface area contributed by atoms with Crippen molar-refractivity contribution in [2.24, 2.45) is 5.10 Å². The third kappa shape index (κ3) is 5.57. The molecule has 8 nitrogen and oxygen atoms in total. The average molecular weight is 539 g/mol. The average Bonchev–Trinajstić information content (AvgIpc) is 2.74. The number of rotatable bonds is 8. The van der Waals surface area contributed by atoms with E-state index in [1.54, 1.807) is 19.4 Å². The van der Waals surface area contributed by atoms with Gasteiger partial charge in [0, 0.05) is 16.7 Å². The molecular formula is C20H16ClIN4O4. The number of nitro groups is 1. The molecule has 0 unspecified atom stereocenters. The molecule has 0 amide bonds. The standard InChI is InChI=1S/C20H16ClIN4O4/c1-29-18-9-13(10-24-25-19-7-6-15(11-23-19)26(27)28)8-17(22)20(18)30-12-14-4-2-3-5-16(14)21/h2-11H,12H2,1H3,(H,23,25)/b24-10+. The fourth-order valence-corrected chi connectivity index (χ4v) is 3.42. The summed E-state index contributed by atoms with van der Waals surface area (Å²) < 4.78 is 12.2. The number of aromatic nitrogens is 1. The number of ether oxygens (including phenoxy) is 2. The van der Waals surface area contributed by atoms with Gasteiger partial charge in [0.15, 0.2) is 11.5 Å². The molecule has 1 heterocycles. The molecule has 30 heavy (non-hydrogen) atoms. The normalized spacial score (nSPS) is 10.8. The minimum absolute atomic E-state index is 0.0869. The largest absolute Gasteiger partial charge is 0.493 e. The van der Waals surface area contributed by atoms with E-state index in [1.807, 2.05) is 30.3 Å². The second kappa shape index (κ2) is 10.2. The molecule has 0 spiro atoms. The molecule has 0 saturated heterocycles. The minimum Gasteiger partial charge on any atom is -0.493 e. The number of halogens is 2. The zero-order chi connectivity index (χ0) is 21.5. The van der Waals surface area contributed by atoms with Crippen LogP contribution in [0.4, 0.5) is 11.5 Å². The highest BCUT2D eigenvalue weighted by Crippen LogP contribution is 2.34. The van der Waals surface area contributed by atoms with E-state index in [1.165, 1.54) is 12.1 Å². The molecule has 0 aliphatic heterocycles. The van der Waals surface area contributed by atoms with Crippen LogP contribution < -0.4 is 14.9 Å². The number of hydrogen-bond donors (Lipinski definition) is 1. The molecule has 3 rings (SSSR count). The molecule has 0 atom stereocenters. The van der Waals surface area contributed by atoms with Gasteiger partial charge in [0.2, 0.25) is 0 Å². The molecule has 0 bridgehead atoms. The molecule has 0 saturated carbocycles. The number of methoxy groups -OCH3 is 1. The first-order chi connectivity index (χ1) is 14.5. The maximum Gasteiger partial charge on any atom is 0.287 e. The summed E-state index contributed by atoms with van der Waals surface area (Å²) in [4.78, 5) is 14.1. The van der Waals surface area contributed by atoms with Crippen LogP contribution in [0.1, 0.15) is 11.1 Å². The lowest BCUT2D eigenvalue weighted by Gasteiger charge is -2.14. The smallest absolute Gasteiger partial charge is 0.287 e. The minimum atomic E-state index is -0.510. The van der Waals surface area contributed by atoms with Crippen molar-refractivity contribution in [2.75, 3.05) is 12.5 Å². The van der Waals surface area contributed by atoms with Crippen molar-refractivity contribution >= 4 is 51.9 Å². The first-order valence-corrected chi connectivity index (χ1v) is 10.1. The molecule has 0 fully saturated rings. The molecule has 3 aromatic rings. The predicted molar refractivity (Wildman–Crippen MR) is 124 cm³/mol. The Morgan fingerprint density at radius 2 is 2.10 bits per heavy atom. The Kier molecular flexibility index (Phi) is 7.41. The van der Waals surface area contributed by atoms with E-state index in [0.29, 0.717) is 28.9 Å². The third-order valence-electron chi connectivity index (χ3n) is 3.93. The van der Waals surface area contributed by atoms with Crippen molar-refractivity contribution in [2.45, 2.75) is 6.61 Å². The second-order valence-electron chi connectivity index (χ2n) is 5.94. The number of hydrogen-bond acceptors (Lipinski definition) is 7. The van der Waals surface area contributed by atoms with Crippen molar-refractivity contribution in [3.05, 3.63) is 84.6 Å². The van der Waals surface area contributed by atoms with Gasteiger partial charge in [-0.05, 0) is 52.4 Å². The number of pyridine rings is 1. The Labute approximate surface area is 191 Å². The molecule has 2 aromatic carbocycles. The SMILES string of the molecule is COc1cc(/C=N/Nc2ccc([N+](=O)[O-])cn2)cc(I)c1OCc1ccccc1Cl.